The van der Waals surface area contributed by atoms with Crippen molar-refractivity contribution in [3.05, 3.63) is 75.0 Å². The number of benzene rings is 2. The maximum absolute atomic E-state index is 12.6. The minimum Gasteiger partial charge on any atom is -0.497 e. The summed E-state index contributed by atoms with van der Waals surface area (Å²) < 4.78 is 7.05. The lowest BCUT2D eigenvalue weighted by atomic mass is 10.1. The fourth-order valence-corrected chi connectivity index (χ4v) is 3.03. The van der Waals surface area contributed by atoms with Gasteiger partial charge in [0.05, 0.1) is 19.0 Å². The number of nitrogens with zero attached hydrogens (tertiary/aromatic N) is 1. The molecule has 1 aromatic heterocycles. The van der Waals surface area contributed by atoms with E-state index in [4.69, 9.17) is 21.4 Å². The Balaban J connectivity index is 2.20. The first-order valence-corrected chi connectivity index (χ1v) is 8.02. The number of rotatable bonds is 5. The van der Waals surface area contributed by atoms with Crippen molar-refractivity contribution in [3.8, 4) is 5.75 Å². The Hall–Kier alpha value is -2.79. The maximum Gasteiger partial charge on any atom is 0.308 e. The molecule has 0 aliphatic heterocycles. The first kappa shape index (κ1) is 17.0. The fourth-order valence-electron chi connectivity index (χ4n) is 2.82. The lowest BCUT2D eigenvalue weighted by Gasteiger charge is -2.14. The molecule has 128 valence electrons. The van der Waals surface area contributed by atoms with Crippen molar-refractivity contribution in [2.45, 2.75) is 13.0 Å². The molecule has 0 radical (unpaired) electrons. The molecule has 0 bridgehead atoms. The molecule has 0 atom stereocenters. The Labute approximate surface area is 149 Å². The first-order chi connectivity index (χ1) is 12.0. The zero-order chi connectivity index (χ0) is 18.0. The van der Waals surface area contributed by atoms with E-state index in [1.54, 1.807) is 30.5 Å². The summed E-state index contributed by atoms with van der Waals surface area (Å²) in [7, 11) is 1.52. The molecule has 0 saturated carbocycles. The van der Waals surface area contributed by atoms with E-state index in [0.29, 0.717) is 28.2 Å². The third-order valence-electron chi connectivity index (χ3n) is 3.94. The van der Waals surface area contributed by atoms with Crippen LogP contribution >= 0.6 is 11.6 Å². The quantitative estimate of drug-likeness (QED) is 0.760. The number of hydrogen-bond donors (Lipinski definition) is 1. The van der Waals surface area contributed by atoms with Crippen molar-refractivity contribution in [2.24, 2.45) is 0 Å². The Morgan fingerprint density at radius 1 is 1.24 bits per heavy atom. The van der Waals surface area contributed by atoms with Gasteiger partial charge in [-0.25, -0.2) is 0 Å². The lowest BCUT2D eigenvalue weighted by Crippen LogP contribution is -2.18. The van der Waals surface area contributed by atoms with Crippen molar-refractivity contribution < 1.29 is 14.6 Å². The van der Waals surface area contributed by atoms with Crippen LogP contribution in [0.5, 0.6) is 5.75 Å². The summed E-state index contributed by atoms with van der Waals surface area (Å²) in [6.07, 6.45) is 1.27. The number of aliphatic carboxylic acids is 1. The molecule has 0 unspecified atom stereocenters. The second-order valence-electron chi connectivity index (χ2n) is 5.69. The smallest absolute Gasteiger partial charge is 0.308 e. The summed E-state index contributed by atoms with van der Waals surface area (Å²) >= 11 is 6.04. The van der Waals surface area contributed by atoms with E-state index in [9.17, 15) is 9.59 Å². The van der Waals surface area contributed by atoms with E-state index in [0.717, 1.165) is 5.56 Å². The summed E-state index contributed by atoms with van der Waals surface area (Å²) in [5.41, 5.74) is 1.60. The summed E-state index contributed by atoms with van der Waals surface area (Å²) in [4.78, 5) is 23.7. The minimum absolute atomic E-state index is 0.232. The molecule has 0 amide bonds. The van der Waals surface area contributed by atoms with E-state index in [1.165, 1.54) is 7.11 Å². The molecule has 2 aromatic carbocycles. The molecule has 0 fully saturated rings. The van der Waals surface area contributed by atoms with Crippen LogP contribution in [0.2, 0.25) is 5.02 Å². The molecule has 1 heterocycles. The Morgan fingerprint density at radius 3 is 2.72 bits per heavy atom. The van der Waals surface area contributed by atoms with Crippen molar-refractivity contribution in [1.82, 2.24) is 4.57 Å². The van der Waals surface area contributed by atoms with Crippen LogP contribution in [0.1, 0.15) is 11.1 Å². The summed E-state index contributed by atoms with van der Waals surface area (Å²) in [6, 6.07) is 12.6. The highest BCUT2D eigenvalue weighted by Gasteiger charge is 2.13. The van der Waals surface area contributed by atoms with Crippen molar-refractivity contribution in [3.63, 3.8) is 0 Å². The minimum atomic E-state index is -1.05. The van der Waals surface area contributed by atoms with Gasteiger partial charge in [-0.1, -0.05) is 23.7 Å². The average molecular weight is 358 g/mol. The van der Waals surface area contributed by atoms with Gasteiger partial charge in [0, 0.05) is 28.7 Å². The third-order valence-corrected chi connectivity index (χ3v) is 4.18. The number of fused-ring (bicyclic) bond motifs is 1. The van der Waals surface area contributed by atoms with Crippen molar-refractivity contribution >= 4 is 28.5 Å². The first-order valence-electron chi connectivity index (χ1n) is 7.64. The molecule has 3 rings (SSSR count). The number of ether oxygens (including phenoxy) is 1. The monoisotopic (exact) mass is 357 g/mol. The highest BCUT2D eigenvalue weighted by Crippen LogP contribution is 2.21. The highest BCUT2D eigenvalue weighted by molar-refractivity contribution is 6.30. The molecular weight excluding hydrogens is 342 g/mol. The normalized spacial score (nSPS) is 10.8. The van der Waals surface area contributed by atoms with E-state index < -0.39 is 5.97 Å². The average Bonchev–Trinajstić information content (AvgIpc) is 2.58. The molecule has 0 aliphatic rings. The van der Waals surface area contributed by atoms with Crippen LogP contribution in [0.4, 0.5) is 0 Å². The van der Waals surface area contributed by atoms with Gasteiger partial charge in [0.15, 0.2) is 5.43 Å². The Bertz CT molecular complexity index is 1010. The number of carboxylic acid groups (broad SMARTS) is 1. The molecule has 5 nitrogen and oxygen atoms in total. The second kappa shape index (κ2) is 6.99. The molecule has 0 aliphatic carbocycles. The largest absolute Gasteiger partial charge is 0.497 e. The van der Waals surface area contributed by atoms with Gasteiger partial charge in [0.2, 0.25) is 0 Å². The molecule has 6 heteroatoms. The Kier molecular flexibility index (Phi) is 4.76. The van der Waals surface area contributed by atoms with E-state index in [1.807, 2.05) is 22.8 Å². The van der Waals surface area contributed by atoms with Gasteiger partial charge in [0.25, 0.3) is 0 Å². The van der Waals surface area contributed by atoms with Crippen molar-refractivity contribution in [2.75, 3.05) is 7.11 Å². The Morgan fingerprint density at radius 2 is 2.04 bits per heavy atom. The van der Waals surface area contributed by atoms with E-state index in [2.05, 4.69) is 0 Å². The predicted molar refractivity (Wildman–Crippen MR) is 96.7 cm³/mol. The number of pyridine rings is 1. The number of carboxylic acids is 1. The predicted octanol–water partition coefficient (Wildman–Crippen LogP) is 3.34. The number of methoxy groups -OCH3 is 1. The van der Waals surface area contributed by atoms with Gasteiger partial charge >= 0.3 is 5.97 Å². The highest BCUT2D eigenvalue weighted by atomic mass is 35.5. The van der Waals surface area contributed by atoms with Crippen LogP contribution in [0, 0.1) is 0 Å². The topological polar surface area (TPSA) is 68.5 Å². The fraction of sp³-hybridized carbons (Fsp3) is 0.158. The zero-order valence-corrected chi connectivity index (χ0v) is 14.3. The SMILES string of the molecule is COc1ccc2c(c1)c(=O)c(CC(=O)O)cn2Cc1cccc(Cl)c1. The molecule has 3 aromatic rings. The third kappa shape index (κ3) is 3.67. The van der Waals surface area contributed by atoms with Gasteiger partial charge in [0.1, 0.15) is 5.75 Å². The van der Waals surface area contributed by atoms with Gasteiger partial charge < -0.3 is 14.4 Å². The molecular formula is C19H16ClNO4. The standard InChI is InChI=1S/C19H16ClNO4/c1-25-15-5-6-17-16(9-15)19(24)13(8-18(22)23)11-21(17)10-12-3-2-4-14(20)7-12/h2-7,9,11H,8,10H2,1H3,(H,22,23). The van der Waals surface area contributed by atoms with Crippen LogP contribution in [-0.2, 0) is 17.8 Å². The second-order valence-corrected chi connectivity index (χ2v) is 6.13. The van der Waals surface area contributed by atoms with Crippen LogP contribution in [0.3, 0.4) is 0 Å². The maximum atomic E-state index is 12.6. The number of hydrogen-bond acceptors (Lipinski definition) is 3. The van der Waals surface area contributed by atoms with Crippen LogP contribution < -0.4 is 10.2 Å². The van der Waals surface area contributed by atoms with Crippen molar-refractivity contribution in [1.29, 1.82) is 0 Å². The lowest BCUT2D eigenvalue weighted by molar-refractivity contribution is -0.136. The van der Waals surface area contributed by atoms with Gasteiger partial charge in [-0.3, -0.25) is 9.59 Å². The van der Waals surface area contributed by atoms with E-state index >= 15 is 0 Å². The summed E-state index contributed by atoms with van der Waals surface area (Å²) in [5.74, 6) is -0.500. The summed E-state index contributed by atoms with van der Waals surface area (Å²) in [6.45, 7) is 0.469. The number of carbonyl (C=O) groups is 1. The van der Waals surface area contributed by atoms with Gasteiger partial charge in [-0.05, 0) is 35.9 Å². The van der Waals surface area contributed by atoms with Crippen LogP contribution in [-0.4, -0.2) is 22.8 Å². The molecule has 1 N–H and O–H groups in total. The van der Waals surface area contributed by atoms with Crippen LogP contribution in [0.25, 0.3) is 10.9 Å². The van der Waals surface area contributed by atoms with E-state index in [-0.39, 0.29) is 17.4 Å². The van der Waals surface area contributed by atoms with Gasteiger partial charge in [-0.2, -0.15) is 0 Å². The number of aromatic nitrogens is 1. The van der Waals surface area contributed by atoms with Crippen LogP contribution in [0.15, 0.2) is 53.5 Å². The molecule has 0 spiro atoms. The van der Waals surface area contributed by atoms with Gasteiger partial charge in [-0.15, -0.1) is 0 Å². The zero-order valence-electron chi connectivity index (χ0n) is 13.5. The molecule has 25 heavy (non-hydrogen) atoms. The molecule has 0 saturated heterocycles. The number of halogens is 1. The summed E-state index contributed by atoms with van der Waals surface area (Å²) in [5, 5.41) is 10.1.